The lowest BCUT2D eigenvalue weighted by atomic mass is 10.1. The van der Waals surface area contributed by atoms with Gasteiger partial charge >= 0.3 is 0 Å². The van der Waals surface area contributed by atoms with E-state index >= 15 is 0 Å². The second-order valence-electron chi connectivity index (χ2n) is 3.85. The van der Waals surface area contributed by atoms with Gasteiger partial charge in [0.2, 0.25) is 4.96 Å². The summed E-state index contributed by atoms with van der Waals surface area (Å²) in [6, 6.07) is 0. The van der Waals surface area contributed by atoms with E-state index in [9.17, 15) is 0 Å². The molecule has 1 saturated heterocycles. The maximum atomic E-state index is 5.51. The lowest BCUT2D eigenvalue weighted by molar-refractivity contribution is 0.193. The van der Waals surface area contributed by atoms with Crippen LogP contribution in [0.2, 0.25) is 0 Å². The van der Waals surface area contributed by atoms with Crippen LogP contribution in [-0.2, 0) is 11.2 Å². The minimum Gasteiger partial charge on any atom is -0.381 e. The van der Waals surface area contributed by atoms with Gasteiger partial charge in [-0.05, 0) is 13.0 Å². The number of nitrogens with two attached hydrogens (primary N) is 1. The number of nitrogens with zero attached hydrogens (tertiary/aromatic N) is 4. The van der Waals surface area contributed by atoms with Crippen LogP contribution in [-0.4, -0.2) is 39.6 Å². The van der Waals surface area contributed by atoms with Gasteiger partial charge in [-0.1, -0.05) is 11.3 Å². The van der Waals surface area contributed by atoms with E-state index < -0.39 is 0 Å². The van der Waals surface area contributed by atoms with E-state index in [1.165, 1.54) is 0 Å². The van der Waals surface area contributed by atoms with Crippen LogP contribution in [0.4, 0.5) is 0 Å². The summed E-state index contributed by atoms with van der Waals surface area (Å²) >= 11 is 1.56. The van der Waals surface area contributed by atoms with Crippen LogP contribution in [0.25, 0.3) is 4.96 Å². The topological polar surface area (TPSA) is 78.3 Å². The monoisotopic (exact) mass is 239 g/mol. The zero-order valence-corrected chi connectivity index (χ0v) is 9.61. The van der Waals surface area contributed by atoms with Crippen LogP contribution >= 0.6 is 11.3 Å². The summed E-state index contributed by atoms with van der Waals surface area (Å²) in [5.74, 6) is 1.26. The molecular weight excluding hydrogens is 226 g/mol. The lowest BCUT2D eigenvalue weighted by Gasteiger charge is -2.01. The van der Waals surface area contributed by atoms with Gasteiger partial charge in [0, 0.05) is 18.9 Å². The zero-order valence-electron chi connectivity index (χ0n) is 8.80. The highest BCUT2D eigenvalue weighted by Gasteiger charge is 2.24. The molecule has 3 rings (SSSR count). The highest BCUT2D eigenvalue weighted by molar-refractivity contribution is 7.16. The summed E-state index contributed by atoms with van der Waals surface area (Å²) in [4.78, 5) is 0.852. The number of hydrogen-bond acceptors (Lipinski definition) is 6. The Balaban J connectivity index is 1.97. The fourth-order valence-electron chi connectivity index (χ4n) is 1.89. The van der Waals surface area contributed by atoms with Crippen LogP contribution < -0.4 is 5.73 Å². The second kappa shape index (κ2) is 4.08. The number of aromatic nitrogens is 4. The maximum absolute atomic E-state index is 5.51. The van der Waals surface area contributed by atoms with Gasteiger partial charge in [0.15, 0.2) is 5.82 Å². The van der Waals surface area contributed by atoms with Crippen molar-refractivity contribution < 1.29 is 4.74 Å². The van der Waals surface area contributed by atoms with Crippen LogP contribution in [0.1, 0.15) is 23.2 Å². The molecule has 3 heterocycles. The maximum Gasteiger partial charge on any atom is 0.234 e. The molecule has 86 valence electrons. The summed E-state index contributed by atoms with van der Waals surface area (Å²) < 4.78 is 7.20. The molecule has 0 radical (unpaired) electrons. The van der Waals surface area contributed by atoms with Gasteiger partial charge in [-0.25, -0.2) is 0 Å². The highest BCUT2D eigenvalue weighted by atomic mass is 32.1. The van der Waals surface area contributed by atoms with Crippen LogP contribution in [0, 0.1) is 0 Å². The molecule has 1 fully saturated rings. The fraction of sp³-hybridized carbons (Fsp3) is 0.667. The molecule has 1 aliphatic heterocycles. The largest absolute Gasteiger partial charge is 0.381 e. The van der Waals surface area contributed by atoms with E-state index in [1.54, 1.807) is 11.3 Å². The molecule has 0 bridgehead atoms. The molecular formula is C9H13N5OS. The van der Waals surface area contributed by atoms with Crippen molar-refractivity contribution in [2.24, 2.45) is 5.73 Å². The van der Waals surface area contributed by atoms with Gasteiger partial charge in [-0.15, -0.1) is 10.2 Å². The van der Waals surface area contributed by atoms with Crippen molar-refractivity contribution in [1.29, 1.82) is 0 Å². The van der Waals surface area contributed by atoms with Gasteiger partial charge < -0.3 is 10.5 Å². The van der Waals surface area contributed by atoms with Crippen molar-refractivity contribution in [3.8, 4) is 0 Å². The minimum absolute atomic E-state index is 0.336. The smallest absolute Gasteiger partial charge is 0.234 e. The van der Waals surface area contributed by atoms with E-state index in [-0.39, 0.29) is 0 Å². The Bertz CT molecular complexity index is 487. The Morgan fingerprint density at radius 3 is 3.19 bits per heavy atom. The molecule has 7 heteroatoms. The third-order valence-electron chi connectivity index (χ3n) is 2.71. The van der Waals surface area contributed by atoms with Crippen LogP contribution in [0.3, 0.4) is 0 Å². The van der Waals surface area contributed by atoms with E-state index in [0.29, 0.717) is 12.5 Å². The Morgan fingerprint density at radius 2 is 2.44 bits per heavy atom. The first-order valence-electron chi connectivity index (χ1n) is 5.37. The lowest BCUT2D eigenvalue weighted by Crippen LogP contribution is -2.06. The normalized spacial score (nSPS) is 20.9. The minimum atomic E-state index is 0.336. The Kier molecular flexibility index (Phi) is 2.58. The number of ether oxygens (including phenoxy) is 1. The number of fused-ring (bicyclic) bond motifs is 1. The summed E-state index contributed by atoms with van der Waals surface area (Å²) in [6.07, 6.45) is 1.80. The average Bonchev–Trinajstić information content (AvgIpc) is 2.90. The molecule has 2 aromatic heterocycles. The highest BCUT2D eigenvalue weighted by Crippen LogP contribution is 2.25. The molecule has 0 aromatic carbocycles. The van der Waals surface area contributed by atoms with Gasteiger partial charge in [-0.2, -0.15) is 9.61 Å². The average molecular weight is 239 g/mol. The van der Waals surface area contributed by atoms with Gasteiger partial charge in [0.05, 0.1) is 6.61 Å². The summed E-state index contributed by atoms with van der Waals surface area (Å²) in [5, 5.41) is 13.8. The third kappa shape index (κ3) is 1.60. The predicted octanol–water partition coefficient (Wildman–Crippen LogP) is 0.191. The van der Waals surface area contributed by atoms with E-state index in [4.69, 9.17) is 10.5 Å². The SMILES string of the molecule is NCCc1nn2c(C3CCOC3)nnc2s1. The Morgan fingerprint density at radius 1 is 1.50 bits per heavy atom. The quantitative estimate of drug-likeness (QED) is 0.827. The fourth-order valence-corrected chi connectivity index (χ4v) is 2.74. The molecule has 1 atom stereocenters. The number of hydrogen-bond donors (Lipinski definition) is 1. The molecule has 1 unspecified atom stereocenters. The molecule has 2 N–H and O–H groups in total. The van der Waals surface area contributed by atoms with Crippen molar-refractivity contribution in [2.45, 2.75) is 18.8 Å². The van der Waals surface area contributed by atoms with Crippen molar-refractivity contribution in [1.82, 2.24) is 19.8 Å². The summed E-state index contributed by atoms with van der Waals surface area (Å²) in [7, 11) is 0. The summed E-state index contributed by atoms with van der Waals surface area (Å²) in [5.41, 5.74) is 5.51. The van der Waals surface area contributed by atoms with Crippen molar-refractivity contribution in [3.05, 3.63) is 10.8 Å². The molecule has 6 nitrogen and oxygen atoms in total. The van der Waals surface area contributed by atoms with Crippen LogP contribution in [0.15, 0.2) is 0 Å². The van der Waals surface area contributed by atoms with Gasteiger partial charge in [0.1, 0.15) is 5.01 Å². The molecule has 16 heavy (non-hydrogen) atoms. The Hall–Kier alpha value is -1.05. The first-order chi connectivity index (χ1) is 7.88. The molecule has 0 saturated carbocycles. The van der Waals surface area contributed by atoms with E-state index in [1.807, 2.05) is 4.52 Å². The van der Waals surface area contributed by atoms with Crippen molar-refractivity contribution in [2.75, 3.05) is 19.8 Å². The Labute approximate surface area is 96.4 Å². The van der Waals surface area contributed by atoms with Gasteiger partial charge in [0.25, 0.3) is 0 Å². The molecule has 0 aliphatic carbocycles. The zero-order chi connectivity index (χ0) is 11.0. The molecule has 2 aromatic rings. The van der Waals surface area contributed by atoms with E-state index in [2.05, 4.69) is 15.3 Å². The first kappa shape index (κ1) is 10.1. The first-order valence-corrected chi connectivity index (χ1v) is 6.19. The van der Waals surface area contributed by atoms with Crippen LogP contribution in [0.5, 0.6) is 0 Å². The standard InChI is InChI=1S/C9H13N5OS/c10-3-1-7-13-14-8(6-2-4-15-5-6)11-12-9(14)16-7/h6H,1-5,10H2. The predicted molar refractivity (Wildman–Crippen MR) is 59.6 cm³/mol. The summed E-state index contributed by atoms with van der Waals surface area (Å²) in [6.45, 7) is 2.15. The van der Waals surface area contributed by atoms with E-state index in [0.717, 1.165) is 41.8 Å². The molecule has 0 amide bonds. The molecule has 0 spiro atoms. The van der Waals surface area contributed by atoms with Crippen molar-refractivity contribution in [3.63, 3.8) is 0 Å². The molecule has 1 aliphatic rings. The number of rotatable bonds is 3. The van der Waals surface area contributed by atoms with Crippen molar-refractivity contribution >= 4 is 16.3 Å². The second-order valence-corrected chi connectivity index (χ2v) is 4.89. The third-order valence-corrected chi connectivity index (χ3v) is 3.67. The van der Waals surface area contributed by atoms with Gasteiger partial charge in [-0.3, -0.25) is 0 Å².